The van der Waals surface area contributed by atoms with Gasteiger partial charge in [-0.1, -0.05) is 166 Å². The Morgan fingerprint density at radius 2 is 0.642 bits per heavy atom. The Hall–Kier alpha value is -1.38. The van der Waals surface area contributed by atoms with Crippen molar-refractivity contribution in [3.63, 3.8) is 0 Å². The Balaban J connectivity index is -0.000000771. The molecule has 13 heteroatoms. The first-order chi connectivity index (χ1) is 24.9. The summed E-state index contributed by atoms with van der Waals surface area (Å²) >= 11 is 0. The predicted molar refractivity (Wildman–Crippen MR) is 216 cm³/mol. The van der Waals surface area contributed by atoms with Gasteiger partial charge in [0, 0.05) is 26.2 Å². The molecule has 2 rings (SSSR count). The van der Waals surface area contributed by atoms with E-state index in [4.69, 9.17) is 22.9 Å². The van der Waals surface area contributed by atoms with Gasteiger partial charge in [-0.05, 0) is 48.9 Å². The second kappa shape index (κ2) is 38.9. The monoisotopic (exact) mass is 833 g/mol. The van der Waals surface area contributed by atoms with Crippen LogP contribution < -0.4 is 22.9 Å². The number of rotatable bonds is 26. The van der Waals surface area contributed by atoms with E-state index in [2.05, 4.69) is 13.8 Å². The minimum absolute atomic E-state index is 0. The van der Waals surface area contributed by atoms with Gasteiger partial charge in [0.1, 0.15) is 20.2 Å². The standard InChI is InChI=1S/2C18H30O3S.2C2H8N2.Cu/c2*1-2-3-4-5-6-7-8-9-10-11-14-17-15-12-13-16-18(17)22(19,20)21;2*3-1-2-4;/h2*12-13,15-16H,2-11,14H2,1H3,(H,19,20,21);2*1-4H2;/q;;;;+2/p-2. The van der Waals surface area contributed by atoms with Crippen molar-refractivity contribution >= 4 is 20.2 Å². The summed E-state index contributed by atoms with van der Waals surface area (Å²) in [7, 11) is -8.69. The van der Waals surface area contributed by atoms with Crippen LogP contribution in [0.2, 0.25) is 0 Å². The van der Waals surface area contributed by atoms with Crippen LogP contribution in [0.1, 0.15) is 153 Å². The van der Waals surface area contributed by atoms with Crippen LogP contribution in [0.15, 0.2) is 58.3 Å². The van der Waals surface area contributed by atoms with Crippen molar-refractivity contribution in [2.45, 2.75) is 165 Å². The fraction of sp³-hybridized carbons (Fsp3) is 0.700. The summed E-state index contributed by atoms with van der Waals surface area (Å²) < 4.78 is 67.1. The Labute approximate surface area is 335 Å². The van der Waals surface area contributed by atoms with E-state index in [9.17, 15) is 25.9 Å². The normalized spacial score (nSPS) is 10.9. The molecular weight excluding hydrogens is 760 g/mol. The minimum Gasteiger partial charge on any atom is -0.744 e. The van der Waals surface area contributed by atoms with Crippen LogP contribution in [0.25, 0.3) is 0 Å². The Bertz CT molecular complexity index is 1200. The third-order valence-electron chi connectivity index (χ3n) is 8.42. The average Bonchev–Trinajstić information content (AvgIpc) is 3.13. The fourth-order valence-corrected chi connectivity index (χ4v) is 6.99. The summed E-state index contributed by atoms with van der Waals surface area (Å²) in [5.41, 5.74) is 20.9. The maximum atomic E-state index is 11.2. The van der Waals surface area contributed by atoms with Crippen molar-refractivity contribution < 1.29 is 43.0 Å². The third kappa shape index (κ3) is 34.8. The summed E-state index contributed by atoms with van der Waals surface area (Å²) in [6.45, 7) is 6.85. The van der Waals surface area contributed by atoms with E-state index in [0.29, 0.717) is 50.1 Å². The first kappa shape index (κ1) is 56.0. The smallest absolute Gasteiger partial charge is 0.744 e. The molecular formula is C40H74CuN4O6S2. The molecule has 0 aromatic heterocycles. The Morgan fingerprint density at radius 1 is 0.415 bits per heavy atom. The fourth-order valence-electron chi connectivity index (χ4n) is 5.51. The van der Waals surface area contributed by atoms with E-state index < -0.39 is 20.2 Å². The number of aryl methyl sites for hydroxylation is 2. The summed E-state index contributed by atoms with van der Waals surface area (Å²) in [4.78, 5) is -0.100. The SMILES string of the molecule is CCCCCCCCCCCCc1ccccc1S(=O)(=O)[O-].CCCCCCCCCCCCc1ccccc1S(=O)(=O)[O-].NCCN.NCCN.[Cu+2]. The molecule has 0 aliphatic carbocycles. The summed E-state index contributed by atoms with van der Waals surface area (Å²) in [6.07, 6.45) is 26.3. The van der Waals surface area contributed by atoms with Crippen molar-refractivity contribution in [1.29, 1.82) is 0 Å². The number of unbranched alkanes of at least 4 members (excludes halogenated alkanes) is 18. The van der Waals surface area contributed by atoms with Gasteiger partial charge in [0.05, 0.1) is 9.79 Å². The molecule has 0 saturated heterocycles. The van der Waals surface area contributed by atoms with E-state index in [0.717, 1.165) is 25.7 Å². The molecule has 0 saturated carbocycles. The molecule has 0 spiro atoms. The first-order valence-corrected chi connectivity index (χ1v) is 22.6. The first-order valence-electron chi connectivity index (χ1n) is 19.8. The number of hydrogen-bond donors (Lipinski definition) is 4. The molecule has 0 unspecified atom stereocenters. The molecule has 0 bridgehead atoms. The molecule has 10 nitrogen and oxygen atoms in total. The zero-order valence-electron chi connectivity index (χ0n) is 32.9. The molecule has 313 valence electrons. The van der Waals surface area contributed by atoms with Gasteiger partial charge in [-0.2, -0.15) is 0 Å². The molecule has 2 aromatic rings. The van der Waals surface area contributed by atoms with E-state index in [1.807, 2.05) is 0 Å². The van der Waals surface area contributed by atoms with Gasteiger partial charge in [0.25, 0.3) is 0 Å². The second-order valence-electron chi connectivity index (χ2n) is 13.1. The predicted octanol–water partition coefficient (Wildman–Crippen LogP) is 7.91. The summed E-state index contributed by atoms with van der Waals surface area (Å²) in [5, 5.41) is 0. The van der Waals surface area contributed by atoms with Crippen LogP contribution in [-0.2, 0) is 50.1 Å². The molecule has 8 N–H and O–H groups in total. The summed E-state index contributed by atoms with van der Waals surface area (Å²) in [6, 6.07) is 13.1. The van der Waals surface area contributed by atoms with E-state index in [-0.39, 0.29) is 26.9 Å². The molecule has 0 fully saturated rings. The van der Waals surface area contributed by atoms with Crippen molar-refractivity contribution in [1.82, 2.24) is 0 Å². The van der Waals surface area contributed by atoms with Crippen LogP contribution in [0.4, 0.5) is 0 Å². The van der Waals surface area contributed by atoms with Crippen LogP contribution >= 0.6 is 0 Å². The van der Waals surface area contributed by atoms with Crippen molar-refractivity contribution in [3.8, 4) is 0 Å². The molecule has 0 heterocycles. The minimum atomic E-state index is -4.35. The molecule has 53 heavy (non-hydrogen) atoms. The largest absolute Gasteiger partial charge is 2.00 e. The quantitative estimate of drug-likeness (QED) is 0.0408. The van der Waals surface area contributed by atoms with Crippen LogP contribution in [0.3, 0.4) is 0 Å². The van der Waals surface area contributed by atoms with Gasteiger partial charge in [-0.25, -0.2) is 16.8 Å². The van der Waals surface area contributed by atoms with Gasteiger partial charge < -0.3 is 32.0 Å². The van der Waals surface area contributed by atoms with Gasteiger partial charge in [-0.15, -0.1) is 0 Å². The number of nitrogens with two attached hydrogens (primary N) is 4. The topological polar surface area (TPSA) is 218 Å². The molecule has 0 aliphatic rings. The van der Waals surface area contributed by atoms with Gasteiger partial charge >= 0.3 is 17.1 Å². The van der Waals surface area contributed by atoms with Crippen LogP contribution in [0, 0.1) is 0 Å². The zero-order chi connectivity index (χ0) is 39.4. The zero-order valence-corrected chi connectivity index (χ0v) is 35.5. The van der Waals surface area contributed by atoms with Crippen molar-refractivity contribution in [2.75, 3.05) is 26.2 Å². The molecule has 1 radical (unpaired) electrons. The Morgan fingerprint density at radius 3 is 0.868 bits per heavy atom. The molecule has 0 atom stereocenters. The van der Waals surface area contributed by atoms with E-state index in [1.54, 1.807) is 36.4 Å². The molecule has 2 aromatic carbocycles. The maximum absolute atomic E-state index is 11.2. The van der Waals surface area contributed by atoms with Crippen LogP contribution in [0.5, 0.6) is 0 Å². The van der Waals surface area contributed by atoms with E-state index >= 15 is 0 Å². The average molecular weight is 835 g/mol. The molecule has 0 aliphatic heterocycles. The maximum Gasteiger partial charge on any atom is 2.00 e. The van der Waals surface area contributed by atoms with Gasteiger partial charge in [0.2, 0.25) is 0 Å². The van der Waals surface area contributed by atoms with E-state index in [1.165, 1.54) is 115 Å². The Kier molecular flexibility index (Phi) is 41.0. The summed E-state index contributed by atoms with van der Waals surface area (Å²) in [5.74, 6) is 0. The van der Waals surface area contributed by atoms with Crippen molar-refractivity contribution in [3.05, 3.63) is 59.7 Å². The molecule has 0 amide bonds. The second-order valence-corrected chi connectivity index (χ2v) is 15.8. The van der Waals surface area contributed by atoms with Gasteiger partial charge in [-0.3, -0.25) is 0 Å². The number of benzene rings is 2. The third-order valence-corrected chi connectivity index (χ3v) is 10.3. The van der Waals surface area contributed by atoms with Crippen LogP contribution in [-0.4, -0.2) is 52.1 Å². The van der Waals surface area contributed by atoms with Gasteiger partial charge in [0.15, 0.2) is 0 Å². The number of hydrogen-bond acceptors (Lipinski definition) is 10. The van der Waals surface area contributed by atoms with Crippen molar-refractivity contribution in [2.24, 2.45) is 22.9 Å².